The fraction of sp³-hybridized carbons (Fsp3) is 0.278. The van der Waals surface area contributed by atoms with E-state index in [1.807, 2.05) is 0 Å². The molecule has 0 aliphatic carbocycles. The molecule has 0 aromatic heterocycles. The van der Waals surface area contributed by atoms with Gasteiger partial charge in [0.2, 0.25) is 0 Å². The molecule has 0 saturated heterocycles. The topological polar surface area (TPSA) is 115 Å². The van der Waals surface area contributed by atoms with Crippen molar-refractivity contribution < 1.29 is 27.8 Å². The van der Waals surface area contributed by atoms with Crippen LogP contribution < -0.4 is 4.74 Å². The smallest absolute Gasteiger partial charge is 0.332 e. The number of ether oxygens (including phenoxy) is 2. The molecule has 1 unspecified atom stereocenters. The molecular formula is C18H20N2O6S. The number of rotatable bonds is 7. The number of nitrogens with zero attached hydrogens (tertiary/aromatic N) is 2. The predicted molar refractivity (Wildman–Crippen MR) is 98.3 cm³/mol. The van der Waals surface area contributed by atoms with E-state index >= 15 is 0 Å². The van der Waals surface area contributed by atoms with Gasteiger partial charge in [0.15, 0.2) is 15.9 Å². The van der Waals surface area contributed by atoms with Crippen molar-refractivity contribution in [2.75, 3.05) is 12.9 Å². The molecule has 8 nitrogen and oxygen atoms in total. The number of benzene rings is 2. The summed E-state index contributed by atoms with van der Waals surface area (Å²) < 4.78 is 33.3. The van der Waals surface area contributed by atoms with Crippen molar-refractivity contribution in [3.8, 4) is 17.2 Å². The second-order valence-corrected chi connectivity index (χ2v) is 7.66. The monoisotopic (exact) mass is 392 g/mol. The van der Waals surface area contributed by atoms with Crippen LogP contribution in [0.15, 0.2) is 57.6 Å². The molecule has 0 bridgehead atoms. The molecule has 1 atom stereocenters. The van der Waals surface area contributed by atoms with E-state index in [1.165, 1.54) is 43.3 Å². The summed E-state index contributed by atoms with van der Waals surface area (Å²) in [4.78, 5) is 11.7. The molecule has 9 heteroatoms. The van der Waals surface area contributed by atoms with Crippen molar-refractivity contribution >= 4 is 21.5 Å². The third-order valence-corrected chi connectivity index (χ3v) is 4.53. The van der Waals surface area contributed by atoms with Crippen LogP contribution in [0.3, 0.4) is 0 Å². The van der Waals surface area contributed by atoms with Gasteiger partial charge >= 0.3 is 5.97 Å². The fourth-order valence-electron chi connectivity index (χ4n) is 2.00. The number of hydrogen-bond donors (Lipinski definition) is 1. The van der Waals surface area contributed by atoms with Crippen LogP contribution in [0.2, 0.25) is 0 Å². The first kappa shape index (κ1) is 20.4. The SMILES string of the molecule is CCOC(=O)C(C)N=Nc1ccc(Oc2ccc(S(C)(=O)=O)cc2)cc1O. The van der Waals surface area contributed by atoms with E-state index in [0.29, 0.717) is 11.5 Å². The van der Waals surface area contributed by atoms with Crippen molar-refractivity contribution in [2.24, 2.45) is 10.2 Å². The Hall–Kier alpha value is -2.94. The van der Waals surface area contributed by atoms with E-state index in [1.54, 1.807) is 13.0 Å². The highest BCUT2D eigenvalue weighted by Gasteiger charge is 2.13. The molecule has 0 aliphatic heterocycles. The third-order valence-electron chi connectivity index (χ3n) is 3.40. The normalized spacial score (nSPS) is 12.7. The molecule has 0 saturated carbocycles. The van der Waals surface area contributed by atoms with Crippen LogP contribution in [-0.2, 0) is 19.4 Å². The van der Waals surface area contributed by atoms with E-state index in [2.05, 4.69) is 10.2 Å². The molecule has 0 amide bonds. The highest BCUT2D eigenvalue weighted by atomic mass is 32.2. The van der Waals surface area contributed by atoms with Crippen molar-refractivity contribution in [2.45, 2.75) is 24.8 Å². The van der Waals surface area contributed by atoms with Crippen LogP contribution >= 0.6 is 0 Å². The van der Waals surface area contributed by atoms with Crippen LogP contribution in [0.25, 0.3) is 0 Å². The van der Waals surface area contributed by atoms with E-state index in [4.69, 9.17) is 9.47 Å². The average molecular weight is 392 g/mol. The number of hydrogen-bond acceptors (Lipinski definition) is 8. The van der Waals surface area contributed by atoms with Crippen molar-refractivity contribution in [1.29, 1.82) is 0 Å². The molecule has 2 rings (SSSR count). The summed E-state index contributed by atoms with van der Waals surface area (Å²) in [6.07, 6.45) is 1.12. The van der Waals surface area contributed by atoms with Gasteiger partial charge in [-0.05, 0) is 50.2 Å². The van der Waals surface area contributed by atoms with Gasteiger partial charge < -0.3 is 14.6 Å². The Labute approximate surface area is 157 Å². The predicted octanol–water partition coefficient (Wildman–Crippen LogP) is 3.62. The Kier molecular flexibility index (Phi) is 6.51. The van der Waals surface area contributed by atoms with Crippen LogP contribution in [0, 0.1) is 0 Å². The standard InChI is InChI=1S/C18H20N2O6S/c1-4-25-18(22)12(2)19-20-16-10-7-14(11-17(16)21)26-13-5-8-15(9-6-13)27(3,23)24/h5-12,21H,4H2,1-3H3. The number of esters is 1. The first-order valence-corrected chi connectivity index (χ1v) is 9.98. The molecule has 0 spiro atoms. The van der Waals surface area contributed by atoms with Crippen LogP contribution in [0.1, 0.15) is 13.8 Å². The van der Waals surface area contributed by atoms with Crippen LogP contribution in [-0.4, -0.2) is 38.4 Å². The first-order chi connectivity index (χ1) is 12.7. The maximum atomic E-state index is 11.5. The molecule has 27 heavy (non-hydrogen) atoms. The Morgan fingerprint density at radius 1 is 1.15 bits per heavy atom. The van der Waals surface area contributed by atoms with Gasteiger partial charge in [-0.15, -0.1) is 0 Å². The minimum absolute atomic E-state index is 0.172. The molecule has 0 fully saturated rings. The summed E-state index contributed by atoms with van der Waals surface area (Å²) in [5, 5.41) is 17.7. The Morgan fingerprint density at radius 3 is 2.33 bits per heavy atom. The maximum absolute atomic E-state index is 11.5. The summed E-state index contributed by atoms with van der Waals surface area (Å²) in [5.74, 6) is 0.0578. The summed E-state index contributed by atoms with van der Waals surface area (Å²) in [7, 11) is -3.28. The zero-order valence-corrected chi connectivity index (χ0v) is 15.9. The molecular weight excluding hydrogens is 372 g/mol. The lowest BCUT2D eigenvalue weighted by atomic mass is 10.3. The lowest BCUT2D eigenvalue weighted by Crippen LogP contribution is -2.17. The second kappa shape index (κ2) is 8.63. The van der Waals surface area contributed by atoms with Crippen LogP contribution in [0.5, 0.6) is 17.2 Å². The third kappa shape index (κ3) is 5.78. The minimum atomic E-state index is -3.28. The number of sulfone groups is 1. The molecule has 2 aromatic rings. The van der Waals surface area contributed by atoms with E-state index in [0.717, 1.165) is 6.26 Å². The lowest BCUT2D eigenvalue weighted by molar-refractivity contribution is -0.144. The zero-order valence-electron chi connectivity index (χ0n) is 15.1. The van der Waals surface area contributed by atoms with E-state index in [-0.39, 0.29) is 22.9 Å². The number of phenolic OH excluding ortho intramolecular Hbond substituents is 1. The van der Waals surface area contributed by atoms with Gasteiger partial charge in [-0.1, -0.05) is 0 Å². The second-order valence-electron chi connectivity index (χ2n) is 5.64. The number of carbonyl (C=O) groups is 1. The van der Waals surface area contributed by atoms with E-state index < -0.39 is 21.8 Å². The van der Waals surface area contributed by atoms with Crippen molar-refractivity contribution in [3.05, 3.63) is 42.5 Å². The average Bonchev–Trinajstić information content (AvgIpc) is 2.60. The fourth-order valence-corrected chi connectivity index (χ4v) is 2.63. The van der Waals surface area contributed by atoms with Gasteiger partial charge in [0.25, 0.3) is 0 Å². The summed E-state index contributed by atoms with van der Waals surface area (Å²) in [6, 6.07) is 9.50. The lowest BCUT2D eigenvalue weighted by Gasteiger charge is -2.08. The van der Waals surface area contributed by atoms with Crippen molar-refractivity contribution in [3.63, 3.8) is 0 Å². The Morgan fingerprint density at radius 2 is 1.78 bits per heavy atom. The zero-order chi connectivity index (χ0) is 20.0. The molecule has 0 heterocycles. The molecule has 1 N–H and O–H groups in total. The van der Waals surface area contributed by atoms with Crippen LogP contribution in [0.4, 0.5) is 5.69 Å². The van der Waals surface area contributed by atoms with Crippen molar-refractivity contribution in [1.82, 2.24) is 0 Å². The summed E-state index contributed by atoms with van der Waals surface area (Å²) in [6.45, 7) is 3.48. The van der Waals surface area contributed by atoms with Gasteiger partial charge in [-0.2, -0.15) is 10.2 Å². The van der Waals surface area contributed by atoms with Gasteiger partial charge in [0.1, 0.15) is 22.9 Å². The molecule has 0 radical (unpaired) electrons. The molecule has 144 valence electrons. The minimum Gasteiger partial charge on any atom is -0.505 e. The quantitative estimate of drug-likeness (QED) is 0.568. The largest absolute Gasteiger partial charge is 0.505 e. The van der Waals surface area contributed by atoms with Gasteiger partial charge in [-0.3, -0.25) is 0 Å². The van der Waals surface area contributed by atoms with Gasteiger partial charge in [-0.25, -0.2) is 13.2 Å². The maximum Gasteiger partial charge on any atom is 0.332 e. The molecule has 2 aromatic carbocycles. The van der Waals surface area contributed by atoms with E-state index in [9.17, 15) is 18.3 Å². The first-order valence-electron chi connectivity index (χ1n) is 8.09. The Bertz CT molecular complexity index is 939. The Balaban J connectivity index is 2.09. The number of carbonyl (C=O) groups excluding carboxylic acids is 1. The van der Waals surface area contributed by atoms with Gasteiger partial charge in [0.05, 0.1) is 11.5 Å². The summed E-state index contributed by atoms with van der Waals surface area (Å²) >= 11 is 0. The molecule has 0 aliphatic rings. The van der Waals surface area contributed by atoms with Gasteiger partial charge in [0, 0.05) is 12.3 Å². The summed E-state index contributed by atoms with van der Waals surface area (Å²) in [5.41, 5.74) is 0.172. The highest BCUT2D eigenvalue weighted by molar-refractivity contribution is 7.90. The highest BCUT2D eigenvalue weighted by Crippen LogP contribution is 2.33. The number of phenols is 1. The number of aromatic hydroxyl groups is 1. The number of azo groups is 1.